The monoisotopic (exact) mass is 294 g/mol. The molecule has 0 aliphatic carbocycles. The Morgan fingerprint density at radius 3 is 2.70 bits per heavy atom. The minimum atomic E-state index is -0.379. The van der Waals surface area contributed by atoms with Crippen molar-refractivity contribution >= 4 is 17.5 Å². The van der Waals surface area contributed by atoms with Crippen LogP contribution in [0.5, 0.6) is 0 Å². The zero-order valence-corrected chi connectivity index (χ0v) is 12.3. The lowest BCUT2D eigenvalue weighted by atomic mass is 9.78. The van der Waals surface area contributed by atoms with Gasteiger partial charge in [-0.3, -0.25) is 4.79 Å². The van der Waals surface area contributed by atoms with Gasteiger partial charge in [0.15, 0.2) is 0 Å². The van der Waals surface area contributed by atoms with Crippen LogP contribution in [0.15, 0.2) is 24.3 Å². The van der Waals surface area contributed by atoms with E-state index in [2.05, 4.69) is 0 Å². The van der Waals surface area contributed by atoms with Crippen LogP contribution in [0.1, 0.15) is 37.7 Å². The number of fused-ring (bicyclic) bond motifs is 2. The molecule has 1 N–H and O–H groups in total. The first-order chi connectivity index (χ1) is 9.60. The first-order valence-electron chi connectivity index (χ1n) is 7.22. The number of benzene rings is 1. The molecule has 2 nitrogen and oxygen atoms in total. The van der Waals surface area contributed by atoms with E-state index in [4.69, 9.17) is 0 Å². The number of hydrogen-bond donors (Lipinski definition) is 1. The molecule has 4 heteroatoms. The summed E-state index contributed by atoms with van der Waals surface area (Å²) in [5.74, 6) is -0.0443. The van der Waals surface area contributed by atoms with Crippen molar-refractivity contribution in [2.45, 2.75) is 48.7 Å². The molecule has 2 bridgehead atoms. The Morgan fingerprint density at radius 1 is 1.35 bits per heavy atom. The van der Waals surface area contributed by atoms with E-state index in [-0.39, 0.29) is 34.8 Å². The van der Waals surface area contributed by atoms with Gasteiger partial charge < -0.3 is 5.11 Å². The predicted molar refractivity (Wildman–Crippen MR) is 78.3 cm³/mol. The molecule has 1 aromatic rings. The zero-order chi connectivity index (χ0) is 14.3. The van der Waals surface area contributed by atoms with Crippen molar-refractivity contribution in [1.29, 1.82) is 0 Å². The second-order valence-corrected chi connectivity index (χ2v) is 7.25. The fraction of sp³-hybridized carbons (Fsp3) is 0.562. The summed E-state index contributed by atoms with van der Waals surface area (Å²) < 4.78 is 13.1. The summed E-state index contributed by atoms with van der Waals surface area (Å²) in [7, 11) is 0. The van der Waals surface area contributed by atoms with Gasteiger partial charge in [-0.25, -0.2) is 4.39 Å². The maximum Gasteiger partial charge on any atom is 0.137 e. The van der Waals surface area contributed by atoms with Crippen molar-refractivity contribution in [2.75, 3.05) is 0 Å². The van der Waals surface area contributed by atoms with Gasteiger partial charge in [0.2, 0.25) is 0 Å². The van der Waals surface area contributed by atoms with Crippen molar-refractivity contribution in [3.8, 4) is 0 Å². The third kappa shape index (κ3) is 2.40. The number of hydrogen-bond acceptors (Lipinski definition) is 3. The molecule has 1 aromatic carbocycles. The average Bonchev–Trinajstić information content (AvgIpc) is 2.74. The van der Waals surface area contributed by atoms with Crippen LogP contribution in [0.25, 0.3) is 0 Å². The second kappa shape index (κ2) is 5.49. The molecular formula is C16H19FO2S. The number of aliphatic hydroxyl groups excluding tert-OH is 1. The molecule has 2 aliphatic heterocycles. The molecule has 2 aliphatic rings. The Morgan fingerprint density at radius 2 is 2.05 bits per heavy atom. The molecule has 0 amide bonds. The highest BCUT2D eigenvalue weighted by Crippen LogP contribution is 2.53. The summed E-state index contributed by atoms with van der Waals surface area (Å²) in [6.45, 7) is 1.88. The van der Waals surface area contributed by atoms with Crippen LogP contribution in [-0.4, -0.2) is 27.5 Å². The smallest absolute Gasteiger partial charge is 0.137 e. The van der Waals surface area contributed by atoms with Gasteiger partial charge in [0.1, 0.15) is 11.6 Å². The van der Waals surface area contributed by atoms with Gasteiger partial charge in [0, 0.05) is 22.8 Å². The first kappa shape index (κ1) is 14.1. The van der Waals surface area contributed by atoms with Crippen LogP contribution in [0.2, 0.25) is 0 Å². The Kier molecular flexibility index (Phi) is 3.87. The molecular weight excluding hydrogens is 275 g/mol. The van der Waals surface area contributed by atoms with Crippen molar-refractivity contribution in [3.63, 3.8) is 0 Å². The van der Waals surface area contributed by atoms with E-state index in [1.165, 1.54) is 12.1 Å². The predicted octanol–water partition coefficient (Wildman–Crippen LogP) is 3.14. The van der Waals surface area contributed by atoms with Gasteiger partial charge in [-0.2, -0.15) is 11.8 Å². The van der Waals surface area contributed by atoms with Crippen molar-refractivity contribution in [1.82, 2.24) is 0 Å². The quantitative estimate of drug-likeness (QED) is 0.930. The lowest BCUT2D eigenvalue weighted by Crippen LogP contribution is -2.38. The summed E-state index contributed by atoms with van der Waals surface area (Å²) in [5, 5.41) is 10.6. The molecule has 2 heterocycles. The number of ketones is 1. The third-order valence-electron chi connectivity index (χ3n) is 4.56. The molecule has 20 heavy (non-hydrogen) atoms. The lowest BCUT2D eigenvalue weighted by Gasteiger charge is -2.36. The number of carbonyl (C=O) groups is 1. The number of aliphatic hydroxyl groups is 1. The number of carbonyl (C=O) groups excluding carboxylic acids is 1. The highest BCUT2D eigenvalue weighted by molar-refractivity contribution is 8.00. The fourth-order valence-electron chi connectivity index (χ4n) is 3.60. The first-order valence-corrected chi connectivity index (χ1v) is 8.16. The molecule has 0 saturated carbocycles. The van der Waals surface area contributed by atoms with Crippen LogP contribution >= 0.6 is 11.8 Å². The highest BCUT2D eigenvalue weighted by atomic mass is 32.2. The topological polar surface area (TPSA) is 37.3 Å². The minimum absolute atomic E-state index is 0.0104. The van der Waals surface area contributed by atoms with Crippen LogP contribution in [0.4, 0.5) is 4.39 Å². The third-order valence-corrected chi connectivity index (χ3v) is 6.25. The Hall–Kier alpha value is -0.870. The summed E-state index contributed by atoms with van der Waals surface area (Å²) in [6, 6.07) is 6.50. The largest absolute Gasteiger partial charge is 0.392 e. The van der Waals surface area contributed by atoms with E-state index in [0.717, 1.165) is 18.4 Å². The standard InChI is InChI=1S/C16H19FO2S/c1-2-13(18)15-12(9-3-5-10(17)6-4-9)7-11-8-14(19)16(15)20-11/h3-6,11-12,14-16,19H,2,7-8H2,1H3/t11?,12-,14?,15-,16+/m1/s1. The van der Waals surface area contributed by atoms with E-state index >= 15 is 0 Å². The average molecular weight is 294 g/mol. The van der Waals surface area contributed by atoms with Gasteiger partial charge in [-0.1, -0.05) is 19.1 Å². The van der Waals surface area contributed by atoms with Crippen molar-refractivity contribution in [3.05, 3.63) is 35.6 Å². The number of rotatable bonds is 3. The lowest BCUT2D eigenvalue weighted by molar-refractivity contribution is -0.123. The van der Waals surface area contributed by atoms with Gasteiger partial charge >= 0.3 is 0 Å². The maximum absolute atomic E-state index is 13.1. The minimum Gasteiger partial charge on any atom is -0.392 e. The highest BCUT2D eigenvalue weighted by Gasteiger charge is 2.50. The summed E-state index contributed by atoms with van der Waals surface area (Å²) >= 11 is 1.77. The summed E-state index contributed by atoms with van der Waals surface area (Å²) in [6.07, 6.45) is 1.80. The SMILES string of the molecule is CCC(=O)[C@H]1[C@@H](c2ccc(F)cc2)CC2CC(O)[C@@H]1S2. The van der Waals surface area contributed by atoms with Gasteiger partial charge in [-0.05, 0) is 36.5 Å². The van der Waals surface area contributed by atoms with Crippen molar-refractivity contribution < 1.29 is 14.3 Å². The molecule has 2 unspecified atom stereocenters. The van der Waals surface area contributed by atoms with Crippen molar-refractivity contribution in [2.24, 2.45) is 5.92 Å². The molecule has 108 valence electrons. The zero-order valence-electron chi connectivity index (χ0n) is 11.5. The molecule has 2 fully saturated rings. The van der Waals surface area contributed by atoms with E-state index in [1.54, 1.807) is 23.9 Å². The van der Waals surface area contributed by atoms with Crippen LogP contribution < -0.4 is 0 Å². The molecule has 0 radical (unpaired) electrons. The molecule has 0 spiro atoms. The number of thioether (sulfide) groups is 1. The van der Waals surface area contributed by atoms with Gasteiger partial charge in [0.25, 0.3) is 0 Å². The number of halogens is 1. The van der Waals surface area contributed by atoms with Crippen LogP contribution in [0, 0.1) is 11.7 Å². The van der Waals surface area contributed by atoms with E-state index in [1.807, 2.05) is 6.92 Å². The normalized spacial score (nSPS) is 36.0. The van der Waals surface area contributed by atoms with E-state index in [0.29, 0.717) is 11.7 Å². The van der Waals surface area contributed by atoms with Gasteiger partial charge in [0.05, 0.1) is 6.10 Å². The fourth-order valence-corrected chi connectivity index (χ4v) is 5.48. The Labute approximate surface area is 122 Å². The molecule has 0 aromatic heterocycles. The summed E-state index contributed by atoms with van der Waals surface area (Å²) in [5.41, 5.74) is 1.03. The van der Waals surface area contributed by atoms with E-state index in [9.17, 15) is 14.3 Å². The number of Topliss-reactive ketones (excluding diaryl/α,β-unsaturated/α-hetero) is 1. The molecule has 3 rings (SSSR count). The molecule has 5 atom stereocenters. The Balaban J connectivity index is 1.95. The van der Waals surface area contributed by atoms with E-state index < -0.39 is 0 Å². The Bertz CT molecular complexity index is 502. The van der Waals surface area contributed by atoms with Crippen LogP contribution in [-0.2, 0) is 4.79 Å². The summed E-state index contributed by atoms with van der Waals surface area (Å²) in [4.78, 5) is 12.4. The molecule has 2 saturated heterocycles. The second-order valence-electron chi connectivity index (χ2n) is 5.77. The maximum atomic E-state index is 13.1. The van der Waals surface area contributed by atoms with Gasteiger partial charge in [-0.15, -0.1) is 0 Å². The van der Waals surface area contributed by atoms with Crippen LogP contribution in [0.3, 0.4) is 0 Å².